The van der Waals surface area contributed by atoms with Crippen LogP contribution in [0, 0.1) is 11.8 Å². The Balaban J connectivity index is 1.89. The van der Waals surface area contributed by atoms with Crippen molar-refractivity contribution in [3.05, 3.63) is 26.7 Å². The van der Waals surface area contributed by atoms with E-state index in [1.54, 1.807) is 0 Å². The van der Waals surface area contributed by atoms with Gasteiger partial charge in [0.1, 0.15) is 11.6 Å². The number of thioether (sulfide) groups is 1. The van der Waals surface area contributed by atoms with Gasteiger partial charge >= 0.3 is 5.69 Å². The highest BCUT2D eigenvalue weighted by atomic mass is 32.2. The summed E-state index contributed by atoms with van der Waals surface area (Å²) in [4.78, 5) is 42.0. The third kappa shape index (κ3) is 5.43. The van der Waals surface area contributed by atoms with Crippen molar-refractivity contribution < 1.29 is 4.79 Å². The number of H-pyrrole nitrogens is 1. The molecule has 176 valence electrons. The molecule has 0 spiro atoms. The van der Waals surface area contributed by atoms with Crippen LogP contribution in [0.2, 0.25) is 0 Å². The second kappa shape index (κ2) is 10.4. The highest BCUT2D eigenvalue weighted by Gasteiger charge is 2.26. The number of rotatable bonds is 8. The molecule has 1 aliphatic rings. The first-order valence-corrected chi connectivity index (χ1v) is 12.1. The molecule has 0 saturated carbocycles. The maximum Gasteiger partial charge on any atom is 0.330 e. The van der Waals surface area contributed by atoms with Crippen LogP contribution in [0.25, 0.3) is 0 Å². The van der Waals surface area contributed by atoms with Gasteiger partial charge in [-0.2, -0.15) is 0 Å². The van der Waals surface area contributed by atoms with Crippen LogP contribution in [0.3, 0.4) is 0 Å². The lowest BCUT2D eigenvalue weighted by atomic mass is 10.2. The normalized spacial score (nSPS) is 13.9. The van der Waals surface area contributed by atoms with E-state index in [0.29, 0.717) is 18.2 Å². The van der Waals surface area contributed by atoms with Crippen LogP contribution < -0.4 is 21.9 Å². The zero-order valence-electron chi connectivity index (χ0n) is 19.3. The minimum Gasteiger partial charge on any atom is -0.383 e. The molecule has 1 amide bonds. The Labute approximate surface area is 191 Å². The number of amides is 1. The quantitative estimate of drug-likeness (QED) is 0.571. The molecule has 11 heteroatoms. The molecule has 2 aromatic heterocycles. The molecular formula is C21H33N7O3S. The summed E-state index contributed by atoms with van der Waals surface area (Å²) in [6.07, 6.45) is 4.21. The van der Waals surface area contributed by atoms with Gasteiger partial charge in [-0.3, -0.25) is 19.1 Å². The predicted molar refractivity (Wildman–Crippen MR) is 126 cm³/mol. The van der Waals surface area contributed by atoms with Crippen molar-refractivity contribution in [1.29, 1.82) is 0 Å². The van der Waals surface area contributed by atoms with Crippen LogP contribution in [-0.2, 0) is 24.3 Å². The molecule has 0 unspecified atom stereocenters. The first kappa shape index (κ1) is 24.1. The van der Waals surface area contributed by atoms with E-state index >= 15 is 0 Å². The molecule has 0 atom stereocenters. The summed E-state index contributed by atoms with van der Waals surface area (Å²) in [5, 5.41) is 9.26. The van der Waals surface area contributed by atoms with Crippen molar-refractivity contribution >= 4 is 29.2 Å². The van der Waals surface area contributed by atoms with Gasteiger partial charge in [0.05, 0.1) is 5.75 Å². The van der Waals surface area contributed by atoms with Crippen molar-refractivity contribution in [3.8, 4) is 0 Å². The van der Waals surface area contributed by atoms with Crippen LogP contribution in [0.15, 0.2) is 14.7 Å². The van der Waals surface area contributed by atoms with Crippen molar-refractivity contribution in [1.82, 2.24) is 24.3 Å². The van der Waals surface area contributed by atoms with E-state index in [1.807, 2.05) is 27.7 Å². The SMILES string of the molecule is CC(C)CN(C(=O)CSc1nnc2n1CCCCC2)c1c(N)n(CC(C)C)c(=O)[nH]c1=O. The minimum atomic E-state index is -0.650. The zero-order chi connectivity index (χ0) is 23.4. The number of nitrogens with zero attached hydrogens (tertiary/aromatic N) is 5. The second-order valence-corrected chi connectivity index (χ2v) is 9.99. The van der Waals surface area contributed by atoms with Gasteiger partial charge in [0, 0.05) is 26.1 Å². The standard InChI is InChI=1S/C21H33N7O3S/c1-13(2)10-27(17-18(22)28(11-14(3)4)20(31)23-19(17)30)16(29)12-32-21-25-24-15-8-6-5-7-9-26(15)21/h13-14H,5-12,22H2,1-4H3,(H,23,30,31). The first-order valence-electron chi connectivity index (χ1n) is 11.2. The largest absolute Gasteiger partial charge is 0.383 e. The Bertz CT molecular complexity index is 1070. The number of carbonyl (C=O) groups is 1. The third-order valence-corrected chi connectivity index (χ3v) is 6.23. The molecular weight excluding hydrogens is 430 g/mol. The van der Waals surface area contributed by atoms with Crippen LogP contribution in [0.4, 0.5) is 11.5 Å². The highest BCUT2D eigenvalue weighted by Crippen LogP contribution is 2.24. The summed E-state index contributed by atoms with van der Waals surface area (Å²) in [7, 11) is 0. The molecule has 0 saturated heterocycles. The van der Waals surface area contributed by atoms with Gasteiger partial charge in [-0.15, -0.1) is 10.2 Å². The van der Waals surface area contributed by atoms with Gasteiger partial charge in [0.15, 0.2) is 10.8 Å². The number of nitrogen functional groups attached to an aromatic ring is 1. The Morgan fingerprint density at radius 3 is 2.59 bits per heavy atom. The number of fused-ring (bicyclic) bond motifs is 1. The van der Waals surface area contributed by atoms with E-state index in [1.165, 1.54) is 21.2 Å². The summed E-state index contributed by atoms with van der Waals surface area (Å²) in [5.41, 5.74) is 5.08. The number of aromatic nitrogens is 5. The van der Waals surface area contributed by atoms with E-state index in [2.05, 4.69) is 19.7 Å². The van der Waals surface area contributed by atoms with Crippen LogP contribution in [0.5, 0.6) is 0 Å². The van der Waals surface area contributed by atoms with Crippen LogP contribution in [0.1, 0.15) is 52.8 Å². The lowest BCUT2D eigenvalue weighted by Crippen LogP contribution is -2.43. The molecule has 0 aromatic carbocycles. The number of aromatic amines is 1. The fourth-order valence-electron chi connectivity index (χ4n) is 3.84. The lowest BCUT2D eigenvalue weighted by molar-refractivity contribution is -0.116. The summed E-state index contributed by atoms with van der Waals surface area (Å²) >= 11 is 1.32. The Morgan fingerprint density at radius 2 is 1.91 bits per heavy atom. The van der Waals surface area contributed by atoms with Gasteiger partial charge in [-0.1, -0.05) is 45.9 Å². The van der Waals surface area contributed by atoms with Crippen molar-refractivity contribution in [3.63, 3.8) is 0 Å². The highest BCUT2D eigenvalue weighted by molar-refractivity contribution is 7.99. The number of anilines is 2. The number of hydrogen-bond acceptors (Lipinski definition) is 7. The molecule has 0 radical (unpaired) electrons. The second-order valence-electron chi connectivity index (χ2n) is 9.05. The van der Waals surface area contributed by atoms with Crippen molar-refractivity contribution in [2.24, 2.45) is 11.8 Å². The average Bonchev–Trinajstić information content (AvgIpc) is 2.94. The Morgan fingerprint density at radius 1 is 1.16 bits per heavy atom. The van der Waals surface area contributed by atoms with Gasteiger partial charge < -0.3 is 15.2 Å². The average molecular weight is 464 g/mol. The lowest BCUT2D eigenvalue weighted by Gasteiger charge is -2.26. The van der Waals surface area contributed by atoms with E-state index < -0.39 is 11.2 Å². The Hall–Kier alpha value is -2.56. The fourth-order valence-corrected chi connectivity index (χ4v) is 4.70. The number of aryl methyl sites for hydroxylation is 1. The van der Waals surface area contributed by atoms with Crippen LogP contribution in [-0.4, -0.2) is 42.5 Å². The number of hydrogen-bond donors (Lipinski definition) is 2. The zero-order valence-corrected chi connectivity index (χ0v) is 20.1. The molecule has 0 bridgehead atoms. The van der Waals surface area contributed by atoms with E-state index in [4.69, 9.17) is 5.73 Å². The monoisotopic (exact) mass is 463 g/mol. The molecule has 3 rings (SSSR count). The predicted octanol–water partition coefficient (Wildman–Crippen LogP) is 1.87. The van der Waals surface area contributed by atoms with Gasteiger partial charge in [-0.25, -0.2) is 4.79 Å². The number of carbonyl (C=O) groups excluding carboxylic acids is 1. The summed E-state index contributed by atoms with van der Waals surface area (Å²) < 4.78 is 3.41. The van der Waals surface area contributed by atoms with Crippen molar-refractivity contribution in [2.45, 2.75) is 71.6 Å². The molecule has 0 aliphatic carbocycles. The maximum absolute atomic E-state index is 13.3. The van der Waals surface area contributed by atoms with Gasteiger partial charge in [-0.05, 0) is 24.7 Å². The van der Waals surface area contributed by atoms with E-state index in [-0.39, 0.29) is 35.0 Å². The minimum absolute atomic E-state index is 0.0165. The maximum atomic E-state index is 13.3. The molecule has 32 heavy (non-hydrogen) atoms. The first-order chi connectivity index (χ1) is 15.2. The summed E-state index contributed by atoms with van der Waals surface area (Å²) in [6, 6.07) is 0. The topological polar surface area (TPSA) is 132 Å². The smallest absolute Gasteiger partial charge is 0.330 e. The molecule has 1 aliphatic heterocycles. The van der Waals surface area contributed by atoms with E-state index in [0.717, 1.165) is 38.1 Å². The fraction of sp³-hybridized carbons (Fsp3) is 0.667. The van der Waals surface area contributed by atoms with Crippen LogP contribution >= 0.6 is 11.8 Å². The molecule has 2 aromatic rings. The number of nitrogens with two attached hydrogens (primary N) is 1. The van der Waals surface area contributed by atoms with Crippen molar-refractivity contribution in [2.75, 3.05) is 22.9 Å². The number of nitrogens with one attached hydrogen (secondary N) is 1. The summed E-state index contributed by atoms with van der Waals surface area (Å²) in [6.45, 7) is 9.32. The van der Waals surface area contributed by atoms with E-state index in [9.17, 15) is 14.4 Å². The molecule has 10 nitrogen and oxygen atoms in total. The Kier molecular flexibility index (Phi) is 7.81. The third-order valence-electron chi connectivity index (χ3n) is 5.28. The van der Waals surface area contributed by atoms with Gasteiger partial charge in [0.25, 0.3) is 5.56 Å². The molecule has 3 heterocycles. The molecule has 0 fully saturated rings. The van der Waals surface area contributed by atoms with Gasteiger partial charge in [0.2, 0.25) is 5.91 Å². The summed E-state index contributed by atoms with van der Waals surface area (Å²) in [5.74, 6) is 1.04. The molecule has 3 N–H and O–H groups in total.